The lowest BCUT2D eigenvalue weighted by Crippen LogP contribution is -2.63. The molecule has 0 spiro atoms. The van der Waals surface area contributed by atoms with Crippen LogP contribution in [0.5, 0.6) is 0 Å². The molecular weight excluding hydrogens is 446 g/mol. The van der Waals surface area contributed by atoms with Gasteiger partial charge >= 0.3 is 5.97 Å². The lowest BCUT2D eigenvalue weighted by atomic mass is 9.78. The highest BCUT2D eigenvalue weighted by atomic mass is 16.5. The Kier molecular flexibility index (Phi) is 7.15. The van der Waals surface area contributed by atoms with Crippen LogP contribution in [-0.4, -0.2) is 81.4 Å². The zero-order valence-electron chi connectivity index (χ0n) is 20.6. The van der Waals surface area contributed by atoms with Crippen molar-refractivity contribution < 1.29 is 19.1 Å². The van der Waals surface area contributed by atoms with E-state index in [1.165, 1.54) is 6.42 Å². The summed E-state index contributed by atoms with van der Waals surface area (Å²) in [5.74, 6) is -0.228. The SMILES string of the molecule is CCOC(=O)c1nn(Cc2ccncc2)c2c1CN(C(=O)C1(N3CCOCC3)CCCCC1)CC2. The molecule has 2 aromatic rings. The Morgan fingerprint density at radius 1 is 1.09 bits per heavy atom. The molecule has 1 saturated carbocycles. The molecule has 0 atom stereocenters. The summed E-state index contributed by atoms with van der Waals surface area (Å²) in [7, 11) is 0. The lowest BCUT2D eigenvalue weighted by molar-refractivity contribution is -0.152. The summed E-state index contributed by atoms with van der Waals surface area (Å²) in [4.78, 5) is 35.4. The molecule has 0 radical (unpaired) electrons. The topological polar surface area (TPSA) is 89.8 Å². The molecule has 9 heteroatoms. The molecule has 1 aliphatic carbocycles. The van der Waals surface area contributed by atoms with Gasteiger partial charge in [0.1, 0.15) is 5.54 Å². The molecule has 2 fully saturated rings. The second kappa shape index (κ2) is 10.5. The Morgan fingerprint density at radius 2 is 1.83 bits per heavy atom. The summed E-state index contributed by atoms with van der Waals surface area (Å²) in [6, 6.07) is 3.90. The Bertz CT molecular complexity index is 1040. The third kappa shape index (κ3) is 4.71. The molecule has 2 aromatic heterocycles. The molecule has 9 nitrogen and oxygen atoms in total. The summed E-state index contributed by atoms with van der Waals surface area (Å²) in [5, 5.41) is 4.68. The van der Waals surface area contributed by atoms with E-state index in [2.05, 4.69) is 15.0 Å². The first-order valence-electron chi connectivity index (χ1n) is 12.9. The number of aromatic nitrogens is 3. The third-order valence-electron chi connectivity index (χ3n) is 7.67. The Hall–Kier alpha value is -2.78. The number of ether oxygens (including phenoxy) is 2. The van der Waals surface area contributed by atoms with Crippen molar-refractivity contribution in [3.63, 3.8) is 0 Å². The van der Waals surface area contributed by atoms with Gasteiger partial charge in [0, 0.05) is 56.3 Å². The van der Waals surface area contributed by atoms with Crippen molar-refractivity contribution in [1.29, 1.82) is 0 Å². The van der Waals surface area contributed by atoms with Crippen molar-refractivity contribution in [2.75, 3.05) is 39.5 Å². The van der Waals surface area contributed by atoms with Crippen molar-refractivity contribution in [2.24, 2.45) is 0 Å². The van der Waals surface area contributed by atoms with Gasteiger partial charge in [0.15, 0.2) is 5.69 Å². The molecule has 0 unspecified atom stereocenters. The molecule has 188 valence electrons. The number of hydrogen-bond donors (Lipinski definition) is 0. The maximum absolute atomic E-state index is 14.2. The van der Waals surface area contributed by atoms with Gasteiger partial charge in [-0.15, -0.1) is 0 Å². The minimum absolute atomic E-state index is 0.196. The van der Waals surface area contributed by atoms with Gasteiger partial charge in [-0.2, -0.15) is 5.10 Å². The van der Waals surface area contributed by atoms with Crippen molar-refractivity contribution in [2.45, 2.75) is 64.1 Å². The molecule has 3 aliphatic rings. The van der Waals surface area contributed by atoms with E-state index in [0.29, 0.717) is 45.0 Å². The van der Waals surface area contributed by atoms with E-state index >= 15 is 0 Å². The van der Waals surface area contributed by atoms with Crippen molar-refractivity contribution in [1.82, 2.24) is 24.6 Å². The predicted octanol–water partition coefficient (Wildman–Crippen LogP) is 2.42. The van der Waals surface area contributed by atoms with Crippen LogP contribution in [0.15, 0.2) is 24.5 Å². The summed E-state index contributed by atoms with van der Waals surface area (Å²) < 4.78 is 12.8. The van der Waals surface area contributed by atoms with E-state index in [9.17, 15) is 9.59 Å². The van der Waals surface area contributed by atoms with E-state index in [4.69, 9.17) is 9.47 Å². The largest absolute Gasteiger partial charge is 0.461 e. The number of amides is 1. The number of rotatable bonds is 6. The number of nitrogens with zero attached hydrogens (tertiary/aromatic N) is 5. The van der Waals surface area contributed by atoms with Gasteiger partial charge in [-0.1, -0.05) is 19.3 Å². The van der Waals surface area contributed by atoms with Crippen molar-refractivity contribution >= 4 is 11.9 Å². The first-order chi connectivity index (χ1) is 17.1. The highest BCUT2D eigenvalue weighted by Gasteiger charge is 2.48. The number of morpholine rings is 1. The van der Waals surface area contributed by atoms with Gasteiger partial charge in [0.05, 0.1) is 26.4 Å². The van der Waals surface area contributed by atoms with Gasteiger partial charge in [-0.3, -0.25) is 19.4 Å². The number of esters is 1. The first-order valence-corrected chi connectivity index (χ1v) is 12.9. The van der Waals surface area contributed by atoms with Gasteiger partial charge in [0.25, 0.3) is 0 Å². The fraction of sp³-hybridized carbons (Fsp3) is 0.615. The molecule has 0 N–H and O–H groups in total. The average molecular weight is 482 g/mol. The minimum Gasteiger partial charge on any atom is -0.461 e. The molecule has 0 aromatic carbocycles. The van der Waals surface area contributed by atoms with Crippen LogP contribution < -0.4 is 0 Å². The predicted molar refractivity (Wildman–Crippen MR) is 129 cm³/mol. The van der Waals surface area contributed by atoms with Gasteiger partial charge in [-0.05, 0) is 37.5 Å². The molecular formula is C26H35N5O4. The summed E-state index contributed by atoms with van der Waals surface area (Å²) >= 11 is 0. The molecule has 35 heavy (non-hydrogen) atoms. The lowest BCUT2D eigenvalue weighted by Gasteiger charge is -2.49. The van der Waals surface area contributed by atoms with Crippen LogP contribution in [0.4, 0.5) is 0 Å². The second-order valence-corrected chi connectivity index (χ2v) is 9.68. The molecule has 1 amide bonds. The maximum Gasteiger partial charge on any atom is 0.359 e. The van der Waals surface area contributed by atoms with Crippen LogP contribution in [0.2, 0.25) is 0 Å². The molecule has 5 rings (SSSR count). The van der Waals surface area contributed by atoms with Gasteiger partial charge in [0.2, 0.25) is 5.91 Å². The molecule has 0 bridgehead atoms. The summed E-state index contributed by atoms with van der Waals surface area (Å²) in [6.45, 7) is 6.59. The molecule has 4 heterocycles. The van der Waals surface area contributed by atoms with E-state index < -0.39 is 11.5 Å². The number of fused-ring (bicyclic) bond motifs is 1. The molecule has 1 saturated heterocycles. The highest BCUT2D eigenvalue weighted by Crippen LogP contribution is 2.37. The van der Waals surface area contributed by atoms with Gasteiger partial charge < -0.3 is 14.4 Å². The Balaban J connectivity index is 1.44. The summed E-state index contributed by atoms with van der Waals surface area (Å²) in [5.41, 5.74) is 2.77. The fourth-order valence-electron chi connectivity index (χ4n) is 5.91. The van der Waals surface area contributed by atoms with Crippen LogP contribution in [-0.2, 0) is 33.8 Å². The fourth-order valence-corrected chi connectivity index (χ4v) is 5.91. The number of carbonyl (C=O) groups excluding carboxylic acids is 2. The highest BCUT2D eigenvalue weighted by molar-refractivity contribution is 5.90. The smallest absolute Gasteiger partial charge is 0.359 e. The standard InChI is InChI=1S/C26H35N5O4/c1-2-35-24(32)23-21-19-29(13-8-22(21)31(28-23)18-20-6-11-27-12-7-20)25(33)26(9-4-3-5-10-26)30-14-16-34-17-15-30/h6-7,11-12H,2-5,8-10,13-19H2,1H3. The number of carbonyl (C=O) groups is 2. The van der Waals surface area contributed by atoms with Gasteiger partial charge in [-0.25, -0.2) is 4.79 Å². The average Bonchev–Trinajstić information content (AvgIpc) is 3.27. The first kappa shape index (κ1) is 23.9. The van der Waals surface area contributed by atoms with E-state index in [1.807, 2.05) is 21.7 Å². The van der Waals surface area contributed by atoms with Crippen LogP contribution in [0.1, 0.15) is 66.3 Å². The third-order valence-corrected chi connectivity index (χ3v) is 7.67. The quantitative estimate of drug-likeness (QED) is 0.586. The maximum atomic E-state index is 14.2. The minimum atomic E-state index is -0.462. The van der Waals surface area contributed by atoms with Crippen molar-refractivity contribution in [3.8, 4) is 0 Å². The van der Waals surface area contributed by atoms with Crippen LogP contribution in [0.3, 0.4) is 0 Å². The van der Waals surface area contributed by atoms with Crippen LogP contribution in [0, 0.1) is 0 Å². The summed E-state index contributed by atoms with van der Waals surface area (Å²) in [6.07, 6.45) is 9.28. The normalized spacial score (nSPS) is 20.3. The van der Waals surface area contributed by atoms with Crippen molar-refractivity contribution in [3.05, 3.63) is 47.0 Å². The zero-order valence-corrected chi connectivity index (χ0v) is 20.6. The Labute approximate surface area is 206 Å². The van der Waals surface area contributed by atoms with E-state index in [-0.39, 0.29) is 12.5 Å². The monoisotopic (exact) mass is 481 g/mol. The van der Waals surface area contributed by atoms with E-state index in [0.717, 1.165) is 55.6 Å². The Morgan fingerprint density at radius 3 is 2.54 bits per heavy atom. The number of hydrogen-bond acceptors (Lipinski definition) is 7. The molecule has 2 aliphatic heterocycles. The zero-order chi connectivity index (χ0) is 24.3. The van der Waals surface area contributed by atoms with Crippen LogP contribution >= 0.6 is 0 Å². The second-order valence-electron chi connectivity index (χ2n) is 9.68. The van der Waals surface area contributed by atoms with Crippen LogP contribution in [0.25, 0.3) is 0 Å². The van der Waals surface area contributed by atoms with E-state index in [1.54, 1.807) is 19.3 Å². The number of pyridine rings is 1.